The maximum atomic E-state index is 10.9. The zero-order valence-electron chi connectivity index (χ0n) is 5.27. The van der Waals surface area contributed by atoms with Crippen molar-refractivity contribution in [2.45, 2.75) is 0 Å². The zero-order valence-corrected chi connectivity index (χ0v) is 8.44. The predicted molar refractivity (Wildman–Crippen MR) is 47.1 cm³/mol. The van der Waals surface area contributed by atoms with Crippen LogP contribution in [0.4, 0.5) is 0 Å². The highest BCUT2D eigenvalue weighted by atomic mass is 79.9. The lowest BCUT2D eigenvalue weighted by Crippen LogP contribution is -2.15. The molecule has 0 N–H and O–H groups in total. The second-order valence-corrected chi connectivity index (χ2v) is 3.47. The van der Waals surface area contributed by atoms with Crippen LogP contribution in [-0.2, 0) is 7.05 Å². The van der Waals surface area contributed by atoms with Crippen LogP contribution in [0.3, 0.4) is 0 Å². The quantitative estimate of drug-likeness (QED) is 0.658. The lowest BCUT2D eigenvalue weighted by atomic mass is 10.5. The topological polar surface area (TPSA) is 22.0 Å². The summed E-state index contributed by atoms with van der Waals surface area (Å²) >= 11 is 6.52. The third-order valence-electron chi connectivity index (χ3n) is 1.19. The Morgan fingerprint density at radius 2 is 2.00 bits per heavy atom. The van der Waals surface area contributed by atoms with Crippen molar-refractivity contribution in [1.29, 1.82) is 0 Å². The molecule has 0 aromatic carbocycles. The monoisotopic (exact) mass is 265 g/mol. The molecule has 0 spiro atoms. The van der Waals surface area contributed by atoms with Gasteiger partial charge in [0.15, 0.2) is 0 Å². The van der Waals surface area contributed by atoms with E-state index in [1.807, 2.05) is 0 Å². The van der Waals surface area contributed by atoms with Gasteiger partial charge in [0.05, 0.1) is 0 Å². The van der Waals surface area contributed by atoms with E-state index in [1.54, 1.807) is 13.1 Å². The molecule has 1 aromatic rings. The highest BCUT2D eigenvalue weighted by molar-refractivity contribution is 9.13. The van der Waals surface area contributed by atoms with E-state index < -0.39 is 0 Å². The van der Waals surface area contributed by atoms with Crippen molar-refractivity contribution in [3.63, 3.8) is 0 Å². The number of rotatable bonds is 0. The standard InChI is InChI=1S/C6H5Br2NO/c1-9-5(10)3-2-4(7)6(9)8/h2-3H,1H3. The first-order chi connectivity index (χ1) is 4.63. The minimum Gasteiger partial charge on any atom is -0.305 e. The number of pyridine rings is 1. The lowest BCUT2D eigenvalue weighted by Gasteiger charge is -2.00. The molecule has 0 aliphatic heterocycles. The summed E-state index contributed by atoms with van der Waals surface area (Å²) in [6.45, 7) is 0. The van der Waals surface area contributed by atoms with Gasteiger partial charge < -0.3 is 4.57 Å². The lowest BCUT2D eigenvalue weighted by molar-refractivity contribution is 0.829. The van der Waals surface area contributed by atoms with Crippen molar-refractivity contribution in [2.24, 2.45) is 7.05 Å². The molecule has 1 rings (SSSR count). The summed E-state index contributed by atoms with van der Waals surface area (Å²) in [5, 5.41) is 0. The fourth-order valence-electron chi connectivity index (χ4n) is 0.582. The number of hydrogen-bond donors (Lipinski definition) is 0. The Hall–Kier alpha value is -0.0900. The summed E-state index contributed by atoms with van der Waals surface area (Å²) in [5.41, 5.74) is -0.0184. The Morgan fingerprint density at radius 3 is 2.50 bits per heavy atom. The van der Waals surface area contributed by atoms with Gasteiger partial charge in [-0.1, -0.05) is 0 Å². The molecule has 54 valence electrons. The maximum Gasteiger partial charge on any atom is 0.251 e. The van der Waals surface area contributed by atoms with E-state index in [-0.39, 0.29) is 5.56 Å². The molecule has 0 radical (unpaired) electrons. The van der Waals surface area contributed by atoms with Crippen LogP contribution in [0.5, 0.6) is 0 Å². The molecule has 2 nitrogen and oxygen atoms in total. The van der Waals surface area contributed by atoms with Gasteiger partial charge in [0.1, 0.15) is 4.60 Å². The number of hydrogen-bond acceptors (Lipinski definition) is 1. The Balaban J connectivity index is 3.49. The molecule has 0 amide bonds. The van der Waals surface area contributed by atoms with E-state index in [2.05, 4.69) is 31.9 Å². The minimum atomic E-state index is -0.0184. The van der Waals surface area contributed by atoms with Gasteiger partial charge in [0.25, 0.3) is 5.56 Å². The molecular weight excluding hydrogens is 262 g/mol. The van der Waals surface area contributed by atoms with Crippen molar-refractivity contribution in [1.82, 2.24) is 4.57 Å². The number of nitrogens with zero attached hydrogens (tertiary/aromatic N) is 1. The van der Waals surface area contributed by atoms with Gasteiger partial charge in [0.2, 0.25) is 0 Å². The average molecular weight is 267 g/mol. The summed E-state index contributed by atoms with van der Waals surface area (Å²) in [6, 6.07) is 3.22. The highest BCUT2D eigenvalue weighted by Gasteiger charge is 1.98. The smallest absolute Gasteiger partial charge is 0.251 e. The third kappa shape index (κ3) is 1.32. The molecule has 0 aliphatic rings. The molecule has 0 atom stereocenters. The fourth-order valence-corrected chi connectivity index (χ4v) is 1.29. The first kappa shape index (κ1) is 8.01. The van der Waals surface area contributed by atoms with Crippen molar-refractivity contribution >= 4 is 31.9 Å². The van der Waals surface area contributed by atoms with E-state index in [4.69, 9.17) is 0 Å². The summed E-state index contributed by atoms with van der Waals surface area (Å²) in [7, 11) is 1.71. The van der Waals surface area contributed by atoms with E-state index in [0.29, 0.717) is 0 Å². The molecule has 0 fully saturated rings. The predicted octanol–water partition coefficient (Wildman–Crippen LogP) is 1.91. The van der Waals surface area contributed by atoms with Crippen LogP contribution in [0.25, 0.3) is 0 Å². The Labute approximate surface area is 75.1 Å². The summed E-state index contributed by atoms with van der Waals surface area (Å²) < 4.78 is 3.17. The highest BCUT2D eigenvalue weighted by Crippen LogP contribution is 2.18. The van der Waals surface area contributed by atoms with Crippen LogP contribution in [0.2, 0.25) is 0 Å². The molecule has 0 aliphatic carbocycles. The Kier molecular flexibility index (Phi) is 2.31. The van der Waals surface area contributed by atoms with Crippen molar-refractivity contribution < 1.29 is 0 Å². The Morgan fingerprint density at radius 1 is 1.40 bits per heavy atom. The molecule has 10 heavy (non-hydrogen) atoms. The van der Waals surface area contributed by atoms with E-state index >= 15 is 0 Å². The van der Waals surface area contributed by atoms with Crippen LogP contribution in [0, 0.1) is 0 Å². The second kappa shape index (κ2) is 2.88. The average Bonchev–Trinajstić information content (AvgIpc) is 1.93. The van der Waals surface area contributed by atoms with E-state index in [9.17, 15) is 4.79 Å². The Bertz CT molecular complexity index is 305. The summed E-state index contributed by atoms with van der Waals surface area (Å²) in [4.78, 5) is 10.9. The summed E-state index contributed by atoms with van der Waals surface area (Å²) in [5.74, 6) is 0. The normalized spacial score (nSPS) is 9.90. The third-order valence-corrected chi connectivity index (χ3v) is 3.33. The molecular formula is C6H5Br2NO. The maximum absolute atomic E-state index is 10.9. The molecule has 0 saturated heterocycles. The molecule has 1 heterocycles. The van der Waals surface area contributed by atoms with Gasteiger partial charge in [-0.2, -0.15) is 0 Å². The van der Waals surface area contributed by atoms with Crippen LogP contribution in [0.15, 0.2) is 26.0 Å². The summed E-state index contributed by atoms with van der Waals surface area (Å²) in [6.07, 6.45) is 0. The molecule has 0 unspecified atom stereocenters. The molecule has 0 bridgehead atoms. The number of aromatic nitrogens is 1. The van der Waals surface area contributed by atoms with Gasteiger partial charge in [-0.05, 0) is 37.9 Å². The van der Waals surface area contributed by atoms with Gasteiger partial charge in [-0.15, -0.1) is 0 Å². The number of halogens is 2. The van der Waals surface area contributed by atoms with Gasteiger partial charge >= 0.3 is 0 Å². The fraction of sp³-hybridized carbons (Fsp3) is 0.167. The molecule has 0 saturated carbocycles. The first-order valence-corrected chi connectivity index (χ1v) is 4.22. The zero-order chi connectivity index (χ0) is 7.72. The van der Waals surface area contributed by atoms with Gasteiger partial charge in [-0.25, -0.2) is 0 Å². The largest absolute Gasteiger partial charge is 0.305 e. The van der Waals surface area contributed by atoms with Crippen LogP contribution >= 0.6 is 31.9 Å². The second-order valence-electron chi connectivity index (χ2n) is 1.87. The first-order valence-electron chi connectivity index (χ1n) is 2.64. The van der Waals surface area contributed by atoms with Gasteiger partial charge in [-0.3, -0.25) is 4.79 Å². The molecule has 4 heteroatoms. The van der Waals surface area contributed by atoms with Gasteiger partial charge in [0, 0.05) is 17.6 Å². The van der Waals surface area contributed by atoms with E-state index in [1.165, 1.54) is 10.6 Å². The van der Waals surface area contributed by atoms with Crippen molar-refractivity contribution in [2.75, 3.05) is 0 Å². The molecule has 1 aromatic heterocycles. The van der Waals surface area contributed by atoms with E-state index in [0.717, 1.165) is 9.08 Å². The SMILES string of the molecule is Cn1c(Br)c(Br)ccc1=O. The van der Waals surface area contributed by atoms with Crippen molar-refractivity contribution in [3.05, 3.63) is 31.6 Å². The van der Waals surface area contributed by atoms with Crippen LogP contribution < -0.4 is 5.56 Å². The van der Waals surface area contributed by atoms with Crippen molar-refractivity contribution in [3.8, 4) is 0 Å². The van der Waals surface area contributed by atoms with Crippen LogP contribution in [-0.4, -0.2) is 4.57 Å². The minimum absolute atomic E-state index is 0.0184. The van der Waals surface area contributed by atoms with Crippen LogP contribution in [0.1, 0.15) is 0 Å².